The summed E-state index contributed by atoms with van der Waals surface area (Å²) < 4.78 is 13.2. The van der Waals surface area contributed by atoms with Crippen LogP contribution in [0.5, 0.6) is 0 Å². The van der Waals surface area contributed by atoms with Crippen LogP contribution in [0.15, 0.2) is 54.2 Å². The van der Waals surface area contributed by atoms with Gasteiger partial charge in [0.05, 0.1) is 0 Å². The minimum Gasteiger partial charge on any atom is -0.332 e. The zero-order valence-electron chi connectivity index (χ0n) is 14.1. The number of aryl methyl sites for hydroxylation is 1. The van der Waals surface area contributed by atoms with Crippen LogP contribution in [0.25, 0.3) is 0 Å². The second-order valence-corrected chi connectivity index (χ2v) is 6.18. The van der Waals surface area contributed by atoms with Crippen LogP contribution in [0.1, 0.15) is 29.0 Å². The van der Waals surface area contributed by atoms with E-state index in [9.17, 15) is 14.0 Å². The van der Waals surface area contributed by atoms with E-state index in [4.69, 9.17) is 0 Å². The van der Waals surface area contributed by atoms with Gasteiger partial charge in [-0.1, -0.05) is 24.3 Å². The topological polar surface area (TPSA) is 58.2 Å². The molecule has 1 aliphatic heterocycles. The monoisotopic (exact) mass is 338 g/mol. The summed E-state index contributed by atoms with van der Waals surface area (Å²) in [6.45, 7) is 3.92. The summed E-state index contributed by atoms with van der Waals surface area (Å²) in [5, 5.41) is 5.51. The molecule has 128 valence electrons. The van der Waals surface area contributed by atoms with E-state index in [0.717, 1.165) is 22.4 Å². The average Bonchev–Trinajstić information content (AvgIpc) is 2.59. The lowest BCUT2D eigenvalue weighted by molar-refractivity contribution is -0.121. The summed E-state index contributed by atoms with van der Waals surface area (Å²) in [6.07, 6.45) is 1.60. The first kappa shape index (κ1) is 16.9. The minimum atomic E-state index is -0.403. The summed E-state index contributed by atoms with van der Waals surface area (Å²) >= 11 is 0. The minimum absolute atomic E-state index is 0.150. The first-order chi connectivity index (χ1) is 12.0. The Labute approximate surface area is 145 Å². The van der Waals surface area contributed by atoms with Crippen LogP contribution in [0.3, 0.4) is 0 Å². The number of hydrogen-bond donors (Lipinski definition) is 2. The van der Waals surface area contributed by atoms with Crippen LogP contribution in [-0.2, 0) is 9.59 Å². The molecule has 0 aliphatic carbocycles. The molecule has 2 aromatic rings. The first-order valence-corrected chi connectivity index (χ1v) is 8.08. The second-order valence-electron chi connectivity index (χ2n) is 6.18. The van der Waals surface area contributed by atoms with Gasteiger partial charge in [0.15, 0.2) is 0 Å². The summed E-state index contributed by atoms with van der Waals surface area (Å²) in [4.78, 5) is 24.6. The normalized spacial score (nSPS) is 16.8. The van der Waals surface area contributed by atoms with Gasteiger partial charge in [-0.15, -0.1) is 0 Å². The predicted molar refractivity (Wildman–Crippen MR) is 94.5 cm³/mol. The van der Waals surface area contributed by atoms with E-state index < -0.39 is 5.92 Å². The van der Waals surface area contributed by atoms with Crippen molar-refractivity contribution in [1.29, 1.82) is 0 Å². The van der Waals surface area contributed by atoms with Crippen LogP contribution in [0.2, 0.25) is 0 Å². The van der Waals surface area contributed by atoms with E-state index in [0.29, 0.717) is 5.57 Å². The summed E-state index contributed by atoms with van der Waals surface area (Å²) in [7, 11) is 0. The Morgan fingerprint density at radius 1 is 1.16 bits per heavy atom. The molecule has 1 aliphatic rings. The van der Waals surface area contributed by atoms with Crippen LogP contribution < -0.4 is 10.6 Å². The van der Waals surface area contributed by atoms with Gasteiger partial charge in [0.2, 0.25) is 5.91 Å². The molecule has 0 aromatic heterocycles. The van der Waals surface area contributed by atoms with E-state index in [1.165, 1.54) is 18.3 Å². The highest BCUT2D eigenvalue weighted by Crippen LogP contribution is 2.31. The summed E-state index contributed by atoms with van der Waals surface area (Å²) in [5.41, 5.74) is 4.00. The number of hydrogen-bond acceptors (Lipinski definition) is 2. The van der Waals surface area contributed by atoms with Gasteiger partial charge in [-0.05, 0) is 48.7 Å². The average molecular weight is 338 g/mol. The van der Waals surface area contributed by atoms with Crippen LogP contribution in [0.4, 0.5) is 10.1 Å². The van der Waals surface area contributed by atoms with Crippen molar-refractivity contribution < 1.29 is 14.0 Å². The first-order valence-electron chi connectivity index (χ1n) is 8.08. The molecule has 0 saturated heterocycles. The van der Waals surface area contributed by atoms with E-state index in [2.05, 4.69) is 10.6 Å². The molecule has 2 aromatic carbocycles. The molecule has 1 unspecified atom stereocenters. The van der Waals surface area contributed by atoms with E-state index in [1.807, 2.05) is 32.0 Å². The highest BCUT2D eigenvalue weighted by molar-refractivity contribution is 6.06. The molecule has 25 heavy (non-hydrogen) atoms. The van der Waals surface area contributed by atoms with Gasteiger partial charge in [0.25, 0.3) is 5.91 Å². The summed E-state index contributed by atoms with van der Waals surface area (Å²) in [5.74, 6) is -1.20. The van der Waals surface area contributed by atoms with Crippen molar-refractivity contribution in [3.63, 3.8) is 0 Å². The number of benzene rings is 2. The lowest BCUT2D eigenvalue weighted by Gasteiger charge is -2.24. The van der Waals surface area contributed by atoms with Crippen molar-refractivity contribution in [3.8, 4) is 0 Å². The van der Waals surface area contributed by atoms with Gasteiger partial charge in [-0.2, -0.15) is 0 Å². The Hall–Kier alpha value is -2.95. The Balaban J connectivity index is 1.89. The molecule has 0 fully saturated rings. The van der Waals surface area contributed by atoms with Crippen LogP contribution in [0, 0.1) is 19.7 Å². The lowest BCUT2D eigenvalue weighted by atomic mass is 9.86. The van der Waals surface area contributed by atoms with Gasteiger partial charge >= 0.3 is 0 Å². The van der Waals surface area contributed by atoms with Crippen molar-refractivity contribution in [2.24, 2.45) is 0 Å². The van der Waals surface area contributed by atoms with Crippen LogP contribution >= 0.6 is 0 Å². The zero-order chi connectivity index (χ0) is 18.0. The van der Waals surface area contributed by atoms with Gasteiger partial charge in [-0.25, -0.2) is 4.39 Å². The van der Waals surface area contributed by atoms with Gasteiger partial charge in [-0.3, -0.25) is 9.59 Å². The molecule has 0 radical (unpaired) electrons. The van der Waals surface area contributed by atoms with Crippen molar-refractivity contribution in [2.45, 2.75) is 26.2 Å². The Kier molecular flexibility index (Phi) is 4.65. The maximum atomic E-state index is 13.2. The Morgan fingerprint density at radius 3 is 2.60 bits per heavy atom. The van der Waals surface area contributed by atoms with E-state index in [1.54, 1.807) is 12.1 Å². The molecule has 1 atom stereocenters. The molecular formula is C20H19FN2O2. The van der Waals surface area contributed by atoms with Crippen molar-refractivity contribution >= 4 is 17.5 Å². The van der Waals surface area contributed by atoms with E-state index >= 15 is 0 Å². The van der Waals surface area contributed by atoms with Gasteiger partial charge < -0.3 is 10.6 Å². The molecule has 3 rings (SSSR count). The SMILES string of the molecule is Cc1cccc(NC(=O)C2=CNC(=O)CC2c2ccc(F)cc2)c1C. The fraction of sp³-hybridized carbons (Fsp3) is 0.200. The predicted octanol–water partition coefficient (Wildman–Crippen LogP) is 3.57. The van der Waals surface area contributed by atoms with Crippen molar-refractivity contribution in [3.05, 3.63) is 76.7 Å². The standard InChI is InChI=1S/C20H19FN2O2/c1-12-4-3-5-18(13(12)2)23-20(25)17-11-22-19(24)10-16(17)14-6-8-15(21)9-7-14/h3-9,11,16H,10H2,1-2H3,(H,22,24)(H,23,25). The van der Waals surface area contributed by atoms with Crippen molar-refractivity contribution in [1.82, 2.24) is 5.32 Å². The van der Waals surface area contributed by atoms with Gasteiger partial charge in [0.1, 0.15) is 5.82 Å². The molecular weight excluding hydrogens is 319 g/mol. The molecule has 2 amide bonds. The largest absolute Gasteiger partial charge is 0.332 e. The third-order valence-corrected chi connectivity index (χ3v) is 4.54. The summed E-state index contributed by atoms with van der Waals surface area (Å²) in [6, 6.07) is 11.6. The molecule has 0 bridgehead atoms. The van der Waals surface area contributed by atoms with E-state index in [-0.39, 0.29) is 24.1 Å². The molecule has 5 heteroatoms. The zero-order valence-corrected chi connectivity index (χ0v) is 14.1. The molecule has 0 saturated carbocycles. The molecule has 0 spiro atoms. The number of rotatable bonds is 3. The molecule has 4 nitrogen and oxygen atoms in total. The maximum absolute atomic E-state index is 13.2. The number of carbonyl (C=O) groups excluding carboxylic acids is 2. The number of halogens is 1. The second kappa shape index (κ2) is 6.89. The number of anilines is 1. The third-order valence-electron chi connectivity index (χ3n) is 4.54. The quantitative estimate of drug-likeness (QED) is 0.899. The fourth-order valence-electron chi connectivity index (χ4n) is 2.91. The highest BCUT2D eigenvalue weighted by Gasteiger charge is 2.29. The van der Waals surface area contributed by atoms with Crippen LogP contribution in [-0.4, -0.2) is 11.8 Å². The number of amides is 2. The maximum Gasteiger partial charge on any atom is 0.253 e. The third kappa shape index (κ3) is 3.60. The Bertz CT molecular complexity index is 856. The Morgan fingerprint density at radius 2 is 1.88 bits per heavy atom. The number of nitrogens with one attached hydrogen (secondary N) is 2. The number of carbonyl (C=O) groups is 2. The van der Waals surface area contributed by atoms with Gasteiger partial charge in [0, 0.05) is 29.8 Å². The highest BCUT2D eigenvalue weighted by atomic mass is 19.1. The molecule has 1 heterocycles. The fourth-order valence-corrected chi connectivity index (χ4v) is 2.91. The van der Waals surface area contributed by atoms with Crippen molar-refractivity contribution in [2.75, 3.05) is 5.32 Å². The smallest absolute Gasteiger partial charge is 0.253 e. The lowest BCUT2D eigenvalue weighted by Crippen LogP contribution is -2.32. The molecule has 2 N–H and O–H groups in total.